The van der Waals surface area contributed by atoms with E-state index in [4.69, 9.17) is 5.26 Å². The number of nitriles is 1. The van der Waals surface area contributed by atoms with E-state index in [0.29, 0.717) is 5.56 Å². The SMILES string of the molecule is N#Cc1ccc(-c2ccc(N(c3ccc(Br)cc3)c3ccc(Br)cc3)cc2)cc1. The summed E-state index contributed by atoms with van der Waals surface area (Å²) in [7, 11) is 0. The third-order valence-electron chi connectivity index (χ3n) is 4.64. The maximum absolute atomic E-state index is 8.99. The van der Waals surface area contributed by atoms with Crippen LogP contribution in [-0.4, -0.2) is 0 Å². The molecule has 2 nitrogen and oxygen atoms in total. The molecule has 0 atom stereocenters. The van der Waals surface area contributed by atoms with E-state index in [0.717, 1.165) is 37.1 Å². The number of hydrogen-bond donors (Lipinski definition) is 0. The Balaban J connectivity index is 1.73. The summed E-state index contributed by atoms with van der Waals surface area (Å²) in [5.41, 5.74) is 6.12. The lowest BCUT2D eigenvalue weighted by Crippen LogP contribution is -2.09. The highest BCUT2D eigenvalue weighted by molar-refractivity contribution is 9.10. The number of anilines is 3. The lowest BCUT2D eigenvalue weighted by molar-refractivity contribution is 1.28. The van der Waals surface area contributed by atoms with Crippen LogP contribution in [0, 0.1) is 11.3 Å². The number of nitrogens with zero attached hydrogens (tertiary/aromatic N) is 2. The molecule has 4 rings (SSSR count). The van der Waals surface area contributed by atoms with Gasteiger partial charge in [-0.1, -0.05) is 56.1 Å². The van der Waals surface area contributed by atoms with E-state index in [1.165, 1.54) is 0 Å². The van der Waals surface area contributed by atoms with Gasteiger partial charge >= 0.3 is 0 Å². The first-order chi connectivity index (χ1) is 14.1. The van der Waals surface area contributed by atoms with Crippen molar-refractivity contribution in [3.8, 4) is 17.2 Å². The molecule has 0 spiro atoms. The van der Waals surface area contributed by atoms with Gasteiger partial charge in [-0.05, 0) is 83.9 Å². The van der Waals surface area contributed by atoms with Gasteiger partial charge in [-0.2, -0.15) is 5.26 Å². The molecule has 4 aromatic rings. The molecule has 0 saturated heterocycles. The first kappa shape index (κ1) is 19.4. The average Bonchev–Trinajstić information content (AvgIpc) is 2.77. The van der Waals surface area contributed by atoms with Crippen molar-refractivity contribution < 1.29 is 0 Å². The van der Waals surface area contributed by atoms with Gasteiger partial charge in [0.25, 0.3) is 0 Å². The highest BCUT2D eigenvalue weighted by Gasteiger charge is 2.12. The van der Waals surface area contributed by atoms with Gasteiger partial charge in [0.05, 0.1) is 11.6 Å². The fourth-order valence-electron chi connectivity index (χ4n) is 3.17. The van der Waals surface area contributed by atoms with E-state index >= 15 is 0 Å². The zero-order valence-corrected chi connectivity index (χ0v) is 18.6. The van der Waals surface area contributed by atoms with Gasteiger partial charge in [0.1, 0.15) is 0 Å². The summed E-state index contributed by atoms with van der Waals surface area (Å²) in [4.78, 5) is 2.22. The van der Waals surface area contributed by atoms with E-state index in [1.54, 1.807) is 0 Å². The van der Waals surface area contributed by atoms with E-state index in [2.05, 4.69) is 91.4 Å². The van der Waals surface area contributed by atoms with E-state index in [9.17, 15) is 0 Å². The molecular weight excluding hydrogens is 488 g/mol. The van der Waals surface area contributed by atoms with Gasteiger partial charge in [0.15, 0.2) is 0 Å². The normalized spacial score (nSPS) is 10.4. The maximum atomic E-state index is 8.99. The monoisotopic (exact) mass is 502 g/mol. The summed E-state index contributed by atoms with van der Waals surface area (Å²) < 4.78 is 2.10. The number of rotatable bonds is 4. The van der Waals surface area contributed by atoms with Crippen molar-refractivity contribution in [2.45, 2.75) is 0 Å². The van der Waals surface area contributed by atoms with Crippen LogP contribution in [0.5, 0.6) is 0 Å². The second-order valence-electron chi connectivity index (χ2n) is 6.52. The molecular formula is C25H16Br2N2. The van der Waals surface area contributed by atoms with Gasteiger partial charge in [-0.25, -0.2) is 0 Å². The molecule has 0 fully saturated rings. The zero-order valence-electron chi connectivity index (χ0n) is 15.4. The van der Waals surface area contributed by atoms with Crippen LogP contribution in [0.15, 0.2) is 106 Å². The Labute approximate surface area is 187 Å². The Morgan fingerprint density at radius 2 is 0.862 bits per heavy atom. The molecule has 0 N–H and O–H groups in total. The minimum absolute atomic E-state index is 0.669. The molecule has 0 aliphatic rings. The Morgan fingerprint density at radius 3 is 1.24 bits per heavy atom. The molecule has 0 unspecified atom stereocenters. The predicted molar refractivity (Wildman–Crippen MR) is 127 cm³/mol. The van der Waals surface area contributed by atoms with Gasteiger partial charge in [0.2, 0.25) is 0 Å². The molecule has 0 radical (unpaired) electrons. The van der Waals surface area contributed by atoms with Crippen LogP contribution in [0.4, 0.5) is 17.1 Å². The fourth-order valence-corrected chi connectivity index (χ4v) is 3.70. The third-order valence-corrected chi connectivity index (χ3v) is 5.70. The van der Waals surface area contributed by atoms with Crippen LogP contribution in [0.3, 0.4) is 0 Å². The lowest BCUT2D eigenvalue weighted by atomic mass is 10.0. The van der Waals surface area contributed by atoms with Crippen molar-refractivity contribution in [3.05, 3.63) is 112 Å². The van der Waals surface area contributed by atoms with Crippen LogP contribution in [0.25, 0.3) is 11.1 Å². The largest absolute Gasteiger partial charge is 0.311 e. The number of halogens is 2. The van der Waals surface area contributed by atoms with Crippen molar-refractivity contribution in [1.29, 1.82) is 5.26 Å². The molecule has 4 heteroatoms. The van der Waals surface area contributed by atoms with Crippen LogP contribution in [-0.2, 0) is 0 Å². The second kappa shape index (κ2) is 8.65. The topological polar surface area (TPSA) is 27.0 Å². The van der Waals surface area contributed by atoms with Crippen molar-refractivity contribution >= 4 is 48.9 Å². The Morgan fingerprint density at radius 1 is 0.517 bits per heavy atom. The summed E-state index contributed by atoms with van der Waals surface area (Å²) in [5, 5.41) is 8.99. The highest BCUT2D eigenvalue weighted by atomic mass is 79.9. The zero-order chi connectivity index (χ0) is 20.2. The van der Waals surface area contributed by atoms with Crippen LogP contribution in [0.1, 0.15) is 5.56 Å². The van der Waals surface area contributed by atoms with Crippen LogP contribution in [0.2, 0.25) is 0 Å². The minimum atomic E-state index is 0.669. The van der Waals surface area contributed by atoms with E-state index in [1.807, 2.05) is 48.5 Å². The molecule has 0 heterocycles. The summed E-state index contributed by atoms with van der Waals surface area (Å²) in [6, 6.07) is 34.9. The molecule has 0 amide bonds. The van der Waals surface area contributed by atoms with Crippen molar-refractivity contribution in [2.24, 2.45) is 0 Å². The van der Waals surface area contributed by atoms with E-state index in [-0.39, 0.29) is 0 Å². The van der Waals surface area contributed by atoms with Crippen molar-refractivity contribution in [3.63, 3.8) is 0 Å². The van der Waals surface area contributed by atoms with E-state index < -0.39 is 0 Å². The second-order valence-corrected chi connectivity index (χ2v) is 8.36. The quantitative estimate of drug-likeness (QED) is 0.280. The fraction of sp³-hybridized carbons (Fsp3) is 0. The molecule has 0 aromatic heterocycles. The Hall–Kier alpha value is -2.87. The summed E-state index contributed by atoms with van der Waals surface area (Å²) in [6.45, 7) is 0. The lowest BCUT2D eigenvalue weighted by Gasteiger charge is -2.25. The van der Waals surface area contributed by atoms with Crippen LogP contribution < -0.4 is 4.90 Å². The maximum Gasteiger partial charge on any atom is 0.0991 e. The first-order valence-corrected chi connectivity index (χ1v) is 10.6. The standard InChI is InChI=1S/C25H16Br2N2/c26-21-7-13-24(14-8-21)29(25-15-9-22(27)10-16-25)23-11-5-20(6-12-23)19-3-1-18(17-28)2-4-19/h1-16H. The Bertz CT molecular complexity index is 1100. The summed E-state index contributed by atoms with van der Waals surface area (Å²) in [5.74, 6) is 0. The molecule has 4 aromatic carbocycles. The van der Waals surface area contributed by atoms with Crippen molar-refractivity contribution in [1.82, 2.24) is 0 Å². The smallest absolute Gasteiger partial charge is 0.0991 e. The molecule has 29 heavy (non-hydrogen) atoms. The highest BCUT2D eigenvalue weighted by Crippen LogP contribution is 2.36. The molecule has 0 aliphatic heterocycles. The van der Waals surface area contributed by atoms with Gasteiger partial charge in [-0.15, -0.1) is 0 Å². The average molecular weight is 504 g/mol. The minimum Gasteiger partial charge on any atom is -0.311 e. The number of benzene rings is 4. The first-order valence-electron chi connectivity index (χ1n) is 9.06. The molecule has 0 saturated carbocycles. The third kappa shape index (κ3) is 4.42. The van der Waals surface area contributed by atoms with Gasteiger partial charge < -0.3 is 4.90 Å². The summed E-state index contributed by atoms with van der Waals surface area (Å²) >= 11 is 7.03. The van der Waals surface area contributed by atoms with Gasteiger partial charge in [0, 0.05) is 26.0 Å². The molecule has 0 aliphatic carbocycles. The summed E-state index contributed by atoms with van der Waals surface area (Å²) in [6.07, 6.45) is 0. The van der Waals surface area contributed by atoms with Crippen molar-refractivity contribution in [2.75, 3.05) is 4.90 Å². The molecule has 0 bridgehead atoms. The predicted octanol–water partition coefficient (Wildman–Crippen LogP) is 8.22. The van der Waals surface area contributed by atoms with Crippen LogP contribution >= 0.6 is 31.9 Å². The Kier molecular flexibility index (Phi) is 5.80. The molecule has 140 valence electrons. The number of hydrogen-bond acceptors (Lipinski definition) is 2. The van der Waals surface area contributed by atoms with Gasteiger partial charge in [-0.3, -0.25) is 0 Å².